The monoisotopic (exact) mass is 316 g/mol. The minimum Gasteiger partial charge on any atom is -0.491 e. The Bertz CT molecular complexity index is 656. The smallest absolute Gasteiger partial charge is 0.165 e. The van der Waals surface area contributed by atoms with Crippen molar-refractivity contribution in [1.82, 2.24) is 0 Å². The van der Waals surface area contributed by atoms with Crippen molar-refractivity contribution in [3.8, 4) is 23.0 Å². The lowest BCUT2D eigenvalue weighted by molar-refractivity contribution is 0.0621. The number of ether oxygens (including phenoxy) is 4. The molecule has 1 aliphatic heterocycles. The van der Waals surface area contributed by atoms with Crippen LogP contribution < -0.4 is 18.9 Å². The molecular formula is C18H20O5. The van der Waals surface area contributed by atoms with Crippen molar-refractivity contribution in [2.75, 3.05) is 26.4 Å². The van der Waals surface area contributed by atoms with Crippen LogP contribution in [0.3, 0.4) is 0 Å². The van der Waals surface area contributed by atoms with Crippen LogP contribution in [-0.2, 0) is 0 Å². The van der Waals surface area contributed by atoms with Gasteiger partial charge in [-0.1, -0.05) is 18.2 Å². The second-order valence-electron chi connectivity index (χ2n) is 5.35. The number of fused-ring (bicyclic) bond motifs is 1. The van der Waals surface area contributed by atoms with E-state index in [2.05, 4.69) is 0 Å². The Morgan fingerprint density at radius 2 is 1.74 bits per heavy atom. The topological polar surface area (TPSA) is 57.2 Å². The molecule has 0 spiro atoms. The first-order chi connectivity index (χ1) is 11.2. The zero-order valence-corrected chi connectivity index (χ0v) is 13.0. The molecule has 1 atom stereocenters. The molecular weight excluding hydrogens is 296 g/mol. The third-order valence-corrected chi connectivity index (χ3v) is 3.48. The van der Waals surface area contributed by atoms with Crippen LogP contribution in [0, 0.1) is 6.92 Å². The lowest BCUT2D eigenvalue weighted by Crippen LogP contribution is -2.25. The number of benzene rings is 2. The van der Waals surface area contributed by atoms with Crippen LogP contribution in [0.25, 0.3) is 0 Å². The summed E-state index contributed by atoms with van der Waals surface area (Å²) in [5, 5.41) is 10.00. The standard InChI is InChI=1S/C18H20O5/c1-13-4-2-3-5-16(13)23-12-14(19)11-22-15-6-7-17-18(10-15)21-9-8-20-17/h2-7,10,14,19H,8-9,11-12H2,1H3. The maximum Gasteiger partial charge on any atom is 0.165 e. The van der Waals surface area contributed by atoms with E-state index in [1.54, 1.807) is 18.2 Å². The molecule has 0 aliphatic carbocycles. The van der Waals surface area contributed by atoms with Crippen LogP contribution in [0.2, 0.25) is 0 Å². The second kappa shape index (κ2) is 7.24. The Hall–Kier alpha value is -2.40. The lowest BCUT2D eigenvalue weighted by Gasteiger charge is -2.19. The minimum absolute atomic E-state index is 0.144. The Morgan fingerprint density at radius 3 is 2.57 bits per heavy atom. The maximum atomic E-state index is 10.00. The molecule has 1 unspecified atom stereocenters. The average molecular weight is 316 g/mol. The van der Waals surface area contributed by atoms with Gasteiger partial charge in [-0.15, -0.1) is 0 Å². The summed E-state index contributed by atoms with van der Waals surface area (Å²) in [6, 6.07) is 13.1. The average Bonchev–Trinajstić information content (AvgIpc) is 2.59. The molecule has 1 N–H and O–H groups in total. The molecule has 5 heteroatoms. The summed E-state index contributed by atoms with van der Waals surface area (Å²) in [7, 11) is 0. The summed E-state index contributed by atoms with van der Waals surface area (Å²) in [6.45, 7) is 3.37. The van der Waals surface area contributed by atoms with Gasteiger partial charge in [0.2, 0.25) is 0 Å². The van der Waals surface area contributed by atoms with Gasteiger partial charge in [0, 0.05) is 6.07 Å². The van der Waals surface area contributed by atoms with Crippen LogP contribution in [0.1, 0.15) is 5.56 Å². The highest BCUT2D eigenvalue weighted by atomic mass is 16.6. The van der Waals surface area contributed by atoms with Crippen molar-refractivity contribution >= 4 is 0 Å². The Morgan fingerprint density at radius 1 is 1.00 bits per heavy atom. The number of para-hydroxylation sites is 1. The van der Waals surface area contributed by atoms with Crippen LogP contribution in [-0.4, -0.2) is 37.6 Å². The van der Waals surface area contributed by atoms with Crippen LogP contribution >= 0.6 is 0 Å². The number of hydrogen-bond donors (Lipinski definition) is 1. The maximum absolute atomic E-state index is 10.00. The van der Waals surface area contributed by atoms with Crippen LogP contribution in [0.5, 0.6) is 23.0 Å². The van der Waals surface area contributed by atoms with Gasteiger partial charge in [-0.2, -0.15) is 0 Å². The van der Waals surface area contributed by atoms with E-state index < -0.39 is 6.10 Å². The van der Waals surface area contributed by atoms with E-state index in [0.717, 1.165) is 11.3 Å². The van der Waals surface area contributed by atoms with E-state index in [1.807, 2.05) is 31.2 Å². The number of aliphatic hydroxyl groups excluding tert-OH is 1. The molecule has 2 aromatic carbocycles. The summed E-state index contributed by atoms with van der Waals surface area (Å²) in [5.74, 6) is 2.78. The van der Waals surface area contributed by atoms with Gasteiger partial charge in [0.25, 0.3) is 0 Å². The fourth-order valence-corrected chi connectivity index (χ4v) is 2.26. The van der Waals surface area contributed by atoms with E-state index in [9.17, 15) is 5.11 Å². The first-order valence-electron chi connectivity index (χ1n) is 7.61. The van der Waals surface area contributed by atoms with Gasteiger partial charge in [0.1, 0.15) is 44.0 Å². The molecule has 2 aromatic rings. The third-order valence-electron chi connectivity index (χ3n) is 3.48. The van der Waals surface area contributed by atoms with Crippen molar-refractivity contribution < 1.29 is 24.1 Å². The third kappa shape index (κ3) is 4.07. The van der Waals surface area contributed by atoms with Crippen LogP contribution in [0.15, 0.2) is 42.5 Å². The fourth-order valence-electron chi connectivity index (χ4n) is 2.26. The molecule has 122 valence electrons. The SMILES string of the molecule is Cc1ccccc1OCC(O)COc1ccc2c(c1)OCCO2. The summed E-state index contributed by atoms with van der Waals surface area (Å²) in [6.07, 6.45) is -0.720. The summed E-state index contributed by atoms with van der Waals surface area (Å²) < 4.78 is 22.1. The summed E-state index contributed by atoms with van der Waals surface area (Å²) in [5.41, 5.74) is 1.03. The number of aryl methyl sites for hydroxylation is 1. The van der Waals surface area contributed by atoms with E-state index in [-0.39, 0.29) is 13.2 Å². The Labute approximate surface area is 135 Å². The summed E-state index contributed by atoms with van der Waals surface area (Å²) >= 11 is 0. The highest BCUT2D eigenvalue weighted by Gasteiger charge is 2.13. The zero-order chi connectivity index (χ0) is 16.1. The highest BCUT2D eigenvalue weighted by Crippen LogP contribution is 2.33. The lowest BCUT2D eigenvalue weighted by atomic mass is 10.2. The molecule has 5 nitrogen and oxygen atoms in total. The van der Waals surface area contributed by atoms with Gasteiger partial charge >= 0.3 is 0 Å². The van der Waals surface area contributed by atoms with Gasteiger partial charge in [-0.25, -0.2) is 0 Å². The quantitative estimate of drug-likeness (QED) is 0.888. The predicted octanol–water partition coefficient (Wildman–Crippen LogP) is 2.58. The van der Waals surface area contributed by atoms with Crippen molar-refractivity contribution in [3.63, 3.8) is 0 Å². The highest BCUT2D eigenvalue weighted by molar-refractivity contribution is 5.46. The van der Waals surface area contributed by atoms with E-state index in [1.165, 1.54) is 0 Å². The molecule has 3 rings (SSSR count). The van der Waals surface area contributed by atoms with E-state index >= 15 is 0 Å². The number of hydrogen-bond acceptors (Lipinski definition) is 5. The normalized spacial score (nSPS) is 14.2. The molecule has 1 aliphatic rings. The molecule has 0 aromatic heterocycles. The van der Waals surface area contributed by atoms with Gasteiger partial charge < -0.3 is 24.1 Å². The second-order valence-corrected chi connectivity index (χ2v) is 5.35. The Balaban J connectivity index is 1.49. The Kier molecular flexibility index (Phi) is 4.88. The first-order valence-corrected chi connectivity index (χ1v) is 7.61. The number of aliphatic hydroxyl groups is 1. The minimum atomic E-state index is -0.720. The summed E-state index contributed by atoms with van der Waals surface area (Å²) in [4.78, 5) is 0. The van der Waals surface area contributed by atoms with Gasteiger partial charge in [0.05, 0.1) is 0 Å². The van der Waals surface area contributed by atoms with Gasteiger partial charge in [-0.3, -0.25) is 0 Å². The molecule has 0 bridgehead atoms. The fraction of sp³-hybridized carbons (Fsp3) is 0.333. The van der Waals surface area contributed by atoms with Gasteiger partial charge in [-0.05, 0) is 30.7 Å². The molecule has 0 saturated carbocycles. The van der Waals surface area contributed by atoms with Crippen molar-refractivity contribution in [3.05, 3.63) is 48.0 Å². The van der Waals surface area contributed by atoms with E-state index in [0.29, 0.717) is 30.5 Å². The molecule has 1 heterocycles. The van der Waals surface area contributed by atoms with Gasteiger partial charge in [0.15, 0.2) is 11.5 Å². The van der Waals surface area contributed by atoms with Crippen molar-refractivity contribution in [2.24, 2.45) is 0 Å². The molecule has 0 fully saturated rings. The largest absolute Gasteiger partial charge is 0.491 e. The van der Waals surface area contributed by atoms with E-state index in [4.69, 9.17) is 18.9 Å². The first kappa shape index (κ1) is 15.5. The molecule has 0 radical (unpaired) electrons. The van der Waals surface area contributed by atoms with Crippen LogP contribution in [0.4, 0.5) is 0 Å². The van der Waals surface area contributed by atoms with Crippen molar-refractivity contribution in [2.45, 2.75) is 13.0 Å². The molecule has 23 heavy (non-hydrogen) atoms. The zero-order valence-electron chi connectivity index (χ0n) is 13.0. The molecule has 0 amide bonds. The number of rotatable bonds is 6. The molecule has 0 saturated heterocycles. The predicted molar refractivity (Wildman–Crippen MR) is 85.6 cm³/mol. The van der Waals surface area contributed by atoms with Crippen molar-refractivity contribution in [1.29, 1.82) is 0 Å².